The number of esters is 1. The van der Waals surface area contributed by atoms with E-state index in [1.807, 2.05) is 0 Å². The van der Waals surface area contributed by atoms with Crippen molar-refractivity contribution in [2.45, 2.75) is 6.92 Å². The number of rotatable bonds is 4. The molecule has 0 fully saturated rings. The maximum Gasteiger partial charge on any atom is 0.332 e. The van der Waals surface area contributed by atoms with Gasteiger partial charge in [-0.25, -0.2) is 4.79 Å². The molecule has 0 saturated heterocycles. The highest BCUT2D eigenvalue weighted by atomic mass is 79.9. The Kier molecular flexibility index (Phi) is 5.38. The second kappa shape index (κ2) is 6.80. The largest absolute Gasteiger partial charge is 0.466 e. The summed E-state index contributed by atoms with van der Waals surface area (Å²) < 4.78 is 5.35. The molecule has 0 saturated carbocycles. The van der Waals surface area contributed by atoms with Crippen molar-refractivity contribution in [1.82, 2.24) is 10.9 Å². The Morgan fingerprint density at radius 1 is 1.22 bits per heavy atom. The molecule has 0 aliphatic heterocycles. The number of halogens is 1. The molecule has 18 heavy (non-hydrogen) atoms. The van der Waals surface area contributed by atoms with E-state index in [-0.39, 0.29) is 5.91 Å². The summed E-state index contributed by atoms with van der Waals surface area (Å²) >= 11 is 3.28. The summed E-state index contributed by atoms with van der Waals surface area (Å²) in [6.45, 7) is 1.64. The van der Waals surface area contributed by atoms with Gasteiger partial charge in [-0.05, 0) is 31.2 Å². The van der Waals surface area contributed by atoms with E-state index in [9.17, 15) is 9.59 Å². The fourth-order valence-electron chi connectivity index (χ4n) is 1.10. The first-order valence-corrected chi connectivity index (χ1v) is 5.90. The van der Waals surface area contributed by atoms with Crippen molar-refractivity contribution in [2.24, 2.45) is 0 Å². The standard InChI is InChI=1S/C12H13BrN2O3/c1-8(7-11(16)18-2)14-15-12(17)9-3-5-10(13)6-4-9/h3-7,14H,1-2H3,(H,15,17)/b8-7-. The van der Waals surface area contributed by atoms with Crippen LogP contribution in [0.2, 0.25) is 0 Å². The first kappa shape index (κ1) is 14.2. The molecule has 0 aromatic heterocycles. The molecule has 5 nitrogen and oxygen atoms in total. The van der Waals surface area contributed by atoms with Crippen molar-refractivity contribution in [3.63, 3.8) is 0 Å². The Morgan fingerprint density at radius 3 is 2.39 bits per heavy atom. The van der Waals surface area contributed by atoms with Crippen molar-refractivity contribution in [3.8, 4) is 0 Å². The average Bonchev–Trinajstić information content (AvgIpc) is 2.36. The highest BCUT2D eigenvalue weighted by molar-refractivity contribution is 9.10. The van der Waals surface area contributed by atoms with Crippen LogP contribution >= 0.6 is 15.9 Å². The number of allylic oxidation sites excluding steroid dienone is 1. The number of methoxy groups -OCH3 is 1. The first-order valence-electron chi connectivity index (χ1n) is 5.11. The third-order valence-corrected chi connectivity index (χ3v) is 2.54. The van der Waals surface area contributed by atoms with E-state index in [1.165, 1.54) is 13.2 Å². The topological polar surface area (TPSA) is 67.4 Å². The second-order valence-electron chi connectivity index (χ2n) is 3.44. The summed E-state index contributed by atoms with van der Waals surface area (Å²) in [6, 6.07) is 6.90. The van der Waals surface area contributed by atoms with Crippen LogP contribution in [0.3, 0.4) is 0 Å². The molecule has 1 rings (SSSR count). The number of hydrazine groups is 1. The molecule has 0 heterocycles. The lowest BCUT2D eigenvalue weighted by molar-refractivity contribution is -0.134. The molecule has 0 atom stereocenters. The van der Waals surface area contributed by atoms with Gasteiger partial charge in [0, 0.05) is 21.8 Å². The van der Waals surface area contributed by atoms with Gasteiger partial charge < -0.3 is 10.2 Å². The summed E-state index contributed by atoms with van der Waals surface area (Å²) in [6.07, 6.45) is 1.24. The minimum Gasteiger partial charge on any atom is -0.466 e. The van der Waals surface area contributed by atoms with Gasteiger partial charge in [0.05, 0.1) is 7.11 Å². The molecule has 6 heteroatoms. The van der Waals surface area contributed by atoms with Crippen LogP contribution in [0.1, 0.15) is 17.3 Å². The number of carbonyl (C=O) groups is 2. The van der Waals surface area contributed by atoms with Gasteiger partial charge in [-0.3, -0.25) is 10.2 Å². The number of amides is 1. The van der Waals surface area contributed by atoms with E-state index in [2.05, 4.69) is 31.5 Å². The van der Waals surface area contributed by atoms with Crippen LogP contribution in [0.15, 0.2) is 40.5 Å². The Hall–Kier alpha value is -1.82. The van der Waals surface area contributed by atoms with Gasteiger partial charge in [0.2, 0.25) is 0 Å². The third kappa shape index (κ3) is 4.58. The molecule has 0 radical (unpaired) electrons. The first-order chi connectivity index (χ1) is 8.52. The molecule has 0 unspecified atom stereocenters. The number of benzene rings is 1. The van der Waals surface area contributed by atoms with Gasteiger partial charge in [-0.2, -0.15) is 0 Å². The zero-order valence-electron chi connectivity index (χ0n) is 9.99. The highest BCUT2D eigenvalue weighted by Gasteiger charge is 2.04. The lowest BCUT2D eigenvalue weighted by Crippen LogP contribution is -2.36. The Labute approximate surface area is 113 Å². The smallest absolute Gasteiger partial charge is 0.332 e. The normalized spacial score (nSPS) is 10.7. The van der Waals surface area contributed by atoms with E-state index in [0.717, 1.165) is 4.47 Å². The number of ether oxygens (including phenoxy) is 1. The van der Waals surface area contributed by atoms with Gasteiger partial charge in [0.15, 0.2) is 0 Å². The Bertz CT molecular complexity index is 469. The zero-order valence-corrected chi connectivity index (χ0v) is 11.6. The molecular formula is C12H13BrN2O3. The predicted octanol–water partition coefficient (Wildman–Crippen LogP) is 1.76. The van der Waals surface area contributed by atoms with Crippen molar-refractivity contribution < 1.29 is 14.3 Å². The van der Waals surface area contributed by atoms with Crippen LogP contribution in [0.5, 0.6) is 0 Å². The predicted molar refractivity (Wildman–Crippen MR) is 70.5 cm³/mol. The lowest BCUT2D eigenvalue weighted by atomic mass is 10.2. The molecule has 0 aliphatic rings. The summed E-state index contributed by atoms with van der Waals surface area (Å²) in [5.74, 6) is -0.780. The molecular weight excluding hydrogens is 300 g/mol. The maximum absolute atomic E-state index is 11.7. The molecule has 1 aromatic rings. The monoisotopic (exact) mass is 312 g/mol. The van der Waals surface area contributed by atoms with E-state index in [0.29, 0.717) is 11.3 Å². The molecule has 2 N–H and O–H groups in total. The van der Waals surface area contributed by atoms with E-state index in [4.69, 9.17) is 0 Å². The SMILES string of the molecule is COC(=O)/C=C(/C)NNC(=O)c1ccc(Br)cc1. The molecule has 0 aliphatic carbocycles. The van der Waals surface area contributed by atoms with Gasteiger partial charge in [0.1, 0.15) is 0 Å². The quantitative estimate of drug-likeness (QED) is 0.505. The van der Waals surface area contributed by atoms with E-state index >= 15 is 0 Å². The fraction of sp³-hybridized carbons (Fsp3) is 0.167. The van der Waals surface area contributed by atoms with Gasteiger partial charge >= 0.3 is 5.97 Å². The Balaban J connectivity index is 2.54. The molecule has 1 aromatic carbocycles. The summed E-state index contributed by atoms with van der Waals surface area (Å²) in [5.41, 5.74) is 6.07. The van der Waals surface area contributed by atoms with E-state index < -0.39 is 5.97 Å². The highest BCUT2D eigenvalue weighted by Crippen LogP contribution is 2.10. The Morgan fingerprint density at radius 2 is 1.83 bits per heavy atom. The van der Waals surface area contributed by atoms with E-state index in [1.54, 1.807) is 31.2 Å². The van der Waals surface area contributed by atoms with Crippen molar-refractivity contribution in [3.05, 3.63) is 46.1 Å². The minimum atomic E-state index is -0.488. The second-order valence-corrected chi connectivity index (χ2v) is 4.35. The average molecular weight is 313 g/mol. The van der Waals surface area contributed by atoms with Crippen LogP contribution in [0, 0.1) is 0 Å². The minimum absolute atomic E-state index is 0.292. The summed E-state index contributed by atoms with van der Waals surface area (Å²) in [5, 5.41) is 0. The number of hydrogen-bond acceptors (Lipinski definition) is 4. The van der Waals surface area contributed by atoms with Gasteiger partial charge in [-0.15, -0.1) is 0 Å². The molecule has 0 spiro atoms. The van der Waals surface area contributed by atoms with Crippen molar-refractivity contribution in [2.75, 3.05) is 7.11 Å². The number of carbonyl (C=O) groups excluding carboxylic acids is 2. The molecule has 1 amide bonds. The zero-order chi connectivity index (χ0) is 13.5. The van der Waals surface area contributed by atoms with Crippen molar-refractivity contribution in [1.29, 1.82) is 0 Å². The van der Waals surface area contributed by atoms with Crippen LogP contribution < -0.4 is 10.9 Å². The van der Waals surface area contributed by atoms with Gasteiger partial charge in [-0.1, -0.05) is 15.9 Å². The van der Waals surface area contributed by atoms with Gasteiger partial charge in [0.25, 0.3) is 5.91 Å². The fourth-order valence-corrected chi connectivity index (χ4v) is 1.36. The maximum atomic E-state index is 11.7. The summed E-state index contributed by atoms with van der Waals surface area (Å²) in [7, 11) is 1.28. The number of hydrogen-bond donors (Lipinski definition) is 2. The van der Waals surface area contributed by atoms with Crippen LogP contribution in [-0.2, 0) is 9.53 Å². The summed E-state index contributed by atoms with van der Waals surface area (Å²) in [4.78, 5) is 22.6. The van der Waals surface area contributed by atoms with Crippen LogP contribution in [0.4, 0.5) is 0 Å². The lowest BCUT2D eigenvalue weighted by Gasteiger charge is -2.08. The van der Waals surface area contributed by atoms with Crippen LogP contribution in [0.25, 0.3) is 0 Å². The van der Waals surface area contributed by atoms with Crippen molar-refractivity contribution >= 4 is 27.8 Å². The number of nitrogens with one attached hydrogen (secondary N) is 2. The van der Waals surface area contributed by atoms with Crippen LogP contribution in [-0.4, -0.2) is 19.0 Å². The molecule has 96 valence electrons. The third-order valence-electron chi connectivity index (χ3n) is 2.02. The molecule has 0 bridgehead atoms.